The van der Waals surface area contributed by atoms with E-state index in [4.69, 9.17) is 20.1 Å². The van der Waals surface area contributed by atoms with Gasteiger partial charge in [-0.05, 0) is 29.8 Å². The summed E-state index contributed by atoms with van der Waals surface area (Å²) in [7, 11) is 0. The van der Waals surface area contributed by atoms with E-state index in [0.29, 0.717) is 36.9 Å². The summed E-state index contributed by atoms with van der Waals surface area (Å²) in [5, 5.41) is 13.8. The first-order valence-corrected chi connectivity index (χ1v) is 10.3. The number of hydrogen-bond donors (Lipinski definition) is 0. The van der Waals surface area contributed by atoms with E-state index in [1.165, 1.54) is 0 Å². The van der Waals surface area contributed by atoms with Gasteiger partial charge in [-0.2, -0.15) is 14.8 Å². The molecule has 0 N–H and O–H groups in total. The number of fused-ring (bicyclic) bond motifs is 1. The molecule has 0 spiro atoms. The lowest BCUT2D eigenvalue weighted by Crippen LogP contribution is -2.37. The Morgan fingerprint density at radius 1 is 1.09 bits per heavy atom. The van der Waals surface area contributed by atoms with Gasteiger partial charge in [0.05, 0.1) is 37.1 Å². The van der Waals surface area contributed by atoms with Crippen LogP contribution in [0.1, 0.15) is 16.8 Å². The summed E-state index contributed by atoms with van der Waals surface area (Å²) in [5.41, 5.74) is 3.16. The van der Waals surface area contributed by atoms with Crippen molar-refractivity contribution in [3.63, 3.8) is 0 Å². The first-order valence-electron chi connectivity index (χ1n) is 10.3. The van der Waals surface area contributed by atoms with Gasteiger partial charge in [-0.1, -0.05) is 12.1 Å². The van der Waals surface area contributed by atoms with Crippen LogP contribution in [0.3, 0.4) is 0 Å². The second-order valence-corrected chi connectivity index (χ2v) is 7.30. The van der Waals surface area contributed by atoms with E-state index in [2.05, 4.69) is 25.9 Å². The van der Waals surface area contributed by atoms with Gasteiger partial charge in [0.1, 0.15) is 5.82 Å². The lowest BCUT2D eigenvalue weighted by Gasteiger charge is -2.28. The fraction of sp³-hybridized carbons (Fsp3) is 0.217. The number of ether oxygens (including phenoxy) is 1. The van der Waals surface area contributed by atoms with Crippen LogP contribution in [-0.4, -0.2) is 57.1 Å². The van der Waals surface area contributed by atoms with Crippen molar-refractivity contribution in [2.45, 2.75) is 6.54 Å². The highest BCUT2D eigenvalue weighted by molar-refractivity contribution is 5.80. The molecule has 0 saturated carbocycles. The van der Waals surface area contributed by atoms with E-state index in [1.807, 2.05) is 30.3 Å². The zero-order valence-electron chi connectivity index (χ0n) is 17.3. The van der Waals surface area contributed by atoms with Gasteiger partial charge >= 0.3 is 0 Å². The number of nitrogens with zero attached hydrogens (tertiary/aromatic N) is 8. The van der Waals surface area contributed by atoms with E-state index in [0.717, 1.165) is 35.7 Å². The van der Waals surface area contributed by atoms with Crippen molar-refractivity contribution in [3.05, 3.63) is 71.7 Å². The molecule has 1 fully saturated rings. The van der Waals surface area contributed by atoms with Crippen molar-refractivity contribution in [2.75, 3.05) is 31.2 Å². The van der Waals surface area contributed by atoms with Gasteiger partial charge in [0, 0.05) is 43.3 Å². The third-order valence-corrected chi connectivity index (χ3v) is 5.13. The van der Waals surface area contributed by atoms with Crippen molar-refractivity contribution in [2.24, 2.45) is 4.99 Å². The molecule has 0 amide bonds. The average molecular weight is 424 g/mol. The molecule has 158 valence electrons. The van der Waals surface area contributed by atoms with Crippen LogP contribution in [0.15, 0.2) is 59.9 Å². The predicted octanol–water partition coefficient (Wildman–Crippen LogP) is 2.51. The Hall–Kier alpha value is -4.16. The van der Waals surface area contributed by atoms with Crippen molar-refractivity contribution in [1.29, 1.82) is 5.26 Å². The molecular formula is C23H20N8O. The number of benzene rings is 1. The Bertz CT molecular complexity index is 1300. The van der Waals surface area contributed by atoms with Crippen LogP contribution >= 0.6 is 0 Å². The van der Waals surface area contributed by atoms with Crippen LogP contribution in [0.4, 0.5) is 5.82 Å². The Morgan fingerprint density at radius 2 is 1.94 bits per heavy atom. The summed E-state index contributed by atoms with van der Waals surface area (Å²) in [4.78, 5) is 20.2. The molecular weight excluding hydrogens is 404 g/mol. The number of nitriles is 1. The number of aliphatic imine (C=N–C) groups is 1. The molecule has 4 aromatic rings. The number of hydrogen-bond acceptors (Lipinski definition) is 8. The molecule has 0 radical (unpaired) electrons. The topological polar surface area (TPSA) is 105 Å². The van der Waals surface area contributed by atoms with Crippen molar-refractivity contribution in [1.82, 2.24) is 24.6 Å². The summed E-state index contributed by atoms with van der Waals surface area (Å²) in [5.74, 6) is 2.05. The van der Waals surface area contributed by atoms with Gasteiger partial charge in [0.15, 0.2) is 5.82 Å². The van der Waals surface area contributed by atoms with Crippen LogP contribution in [0, 0.1) is 11.3 Å². The summed E-state index contributed by atoms with van der Waals surface area (Å²) >= 11 is 0. The molecule has 9 heteroatoms. The number of morpholine rings is 1. The average Bonchev–Trinajstić information content (AvgIpc) is 3.29. The highest BCUT2D eigenvalue weighted by Gasteiger charge is 2.19. The maximum absolute atomic E-state index is 9.07. The monoisotopic (exact) mass is 424 g/mol. The van der Waals surface area contributed by atoms with Gasteiger partial charge in [-0.25, -0.2) is 4.98 Å². The molecule has 1 aliphatic heterocycles. The third-order valence-electron chi connectivity index (χ3n) is 5.13. The molecule has 0 bridgehead atoms. The number of pyridine rings is 1. The summed E-state index contributed by atoms with van der Waals surface area (Å²) in [6, 6.07) is 15.2. The number of rotatable bonds is 5. The lowest BCUT2D eigenvalue weighted by molar-refractivity contribution is 0.122. The molecule has 4 heterocycles. The van der Waals surface area contributed by atoms with Gasteiger partial charge in [0.2, 0.25) is 0 Å². The molecule has 3 aromatic heterocycles. The zero-order chi connectivity index (χ0) is 21.8. The maximum atomic E-state index is 9.07. The highest BCUT2D eigenvalue weighted by Crippen LogP contribution is 2.22. The van der Waals surface area contributed by atoms with Crippen molar-refractivity contribution >= 4 is 17.8 Å². The molecule has 0 aliphatic carbocycles. The van der Waals surface area contributed by atoms with Crippen LogP contribution < -0.4 is 4.90 Å². The number of anilines is 1. The van der Waals surface area contributed by atoms with Gasteiger partial charge < -0.3 is 9.64 Å². The molecule has 1 aliphatic rings. The molecule has 32 heavy (non-hydrogen) atoms. The van der Waals surface area contributed by atoms with Crippen LogP contribution in [0.25, 0.3) is 17.2 Å². The molecule has 1 saturated heterocycles. The smallest absolute Gasteiger partial charge is 0.254 e. The Balaban J connectivity index is 1.49. The minimum atomic E-state index is 0.391. The van der Waals surface area contributed by atoms with Gasteiger partial charge in [0.25, 0.3) is 5.78 Å². The quantitative estimate of drug-likeness (QED) is 0.453. The summed E-state index contributed by atoms with van der Waals surface area (Å²) in [6.45, 7) is 3.26. The zero-order valence-corrected chi connectivity index (χ0v) is 17.3. The van der Waals surface area contributed by atoms with E-state index < -0.39 is 0 Å². The highest BCUT2D eigenvalue weighted by atomic mass is 16.5. The summed E-state index contributed by atoms with van der Waals surface area (Å²) in [6.07, 6.45) is 5.20. The fourth-order valence-electron chi connectivity index (χ4n) is 3.56. The molecule has 0 atom stereocenters. The van der Waals surface area contributed by atoms with Gasteiger partial charge in [-0.3, -0.25) is 9.98 Å². The van der Waals surface area contributed by atoms with E-state index in [9.17, 15) is 0 Å². The minimum absolute atomic E-state index is 0.391. The fourth-order valence-corrected chi connectivity index (χ4v) is 3.56. The second kappa shape index (κ2) is 8.91. The lowest BCUT2D eigenvalue weighted by atomic mass is 10.1. The third kappa shape index (κ3) is 4.17. The van der Waals surface area contributed by atoms with Crippen molar-refractivity contribution < 1.29 is 4.74 Å². The number of aromatic nitrogens is 5. The molecule has 5 rings (SSSR count). The Kier molecular flexibility index (Phi) is 5.51. The predicted molar refractivity (Wildman–Crippen MR) is 120 cm³/mol. The summed E-state index contributed by atoms with van der Waals surface area (Å²) < 4.78 is 7.30. The van der Waals surface area contributed by atoms with Crippen LogP contribution in [-0.2, 0) is 11.3 Å². The molecule has 0 unspecified atom stereocenters. The van der Waals surface area contributed by atoms with E-state index in [1.54, 1.807) is 35.3 Å². The van der Waals surface area contributed by atoms with E-state index >= 15 is 0 Å². The Labute approximate surface area is 184 Å². The van der Waals surface area contributed by atoms with Crippen molar-refractivity contribution in [3.8, 4) is 17.5 Å². The molecule has 9 nitrogen and oxygen atoms in total. The Morgan fingerprint density at radius 3 is 2.75 bits per heavy atom. The minimum Gasteiger partial charge on any atom is -0.378 e. The first kappa shape index (κ1) is 19.8. The maximum Gasteiger partial charge on any atom is 0.254 e. The second-order valence-electron chi connectivity index (χ2n) is 7.30. The normalized spacial score (nSPS) is 14.2. The molecule has 1 aromatic carbocycles. The van der Waals surface area contributed by atoms with Crippen LogP contribution in [0.2, 0.25) is 0 Å². The van der Waals surface area contributed by atoms with E-state index in [-0.39, 0.29) is 0 Å². The van der Waals surface area contributed by atoms with Crippen LogP contribution in [0.5, 0.6) is 0 Å². The SMILES string of the molecule is N#Cc1cccc(C=NCc2cc(N3CCOCC3)n3nc(-c4ccncc4)nc3n2)c1. The van der Waals surface area contributed by atoms with Gasteiger partial charge in [-0.15, -0.1) is 5.10 Å². The standard InChI is InChI=1S/C23H20N8O/c24-14-17-2-1-3-18(12-17)15-26-16-20-13-21(30-8-10-32-11-9-30)31-23(27-20)28-22(29-31)19-4-6-25-7-5-19/h1-7,12-13,15H,8-11,16H2. The first-order chi connectivity index (χ1) is 15.8. The largest absolute Gasteiger partial charge is 0.378 e.